The predicted molar refractivity (Wildman–Crippen MR) is 102 cm³/mol. The summed E-state index contributed by atoms with van der Waals surface area (Å²) in [6, 6.07) is 0. The van der Waals surface area contributed by atoms with E-state index in [1.54, 1.807) is 25.7 Å². The molecule has 0 N–H and O–H groups in total. The Morgan fingerprint density at radius 2 is 1.50 bits per heavy atom. The fourth-order valence-corrected chi connectivity index (χ4v) is 9.34. The van der Waals surface area contributed by atoms with Gasteiger partial charge in [0.2, 0.25) is 0 Å². The van der Waals surface area contributed by atoms with E-state index in [0.29, 0.717) is 21.7 Å². The van der Waals surface area contributed by atoms with Gasteiger partial charge in [0.15, 0.2) is 0 Å². The molecule has 5 aliphatic rings. The molecule has 136 valence electrons. The molecule has 0 saturated heterocycles. The summed E-state index contributed by atoms with van der Waals surface area (Å²) in [6.45, 7) is 15.7. The molecule has 0 nitrogen and oxygen atoms in total. The summed E-state index contributed by atoms with van der Waals surface area (Å²) in [4.78, 5) is 0. The highest BCUT2D eigenvalue weighted by atomic mass is 14.8. The van der Waals surface area contributed by atoms with Crippen molar-refractivity contribution in [1.29, 1.82) is 0 Å². The summed E-state index contributed by atoms with van der Waals surface area (Å²) < 4.78 is 0. The van der Waals surface area contributed by atoms with Crippen LogP contribution in [-0.2, 0) is 0 Å². The van der Waals surface area contributed by atoms with Crippen molar-refractivity contribution in [2.75, 3.05) is 0 Å². The average Bonchev–Trinajstić information content (AvgIpc) is 3.33. The van der Waals surface area contributed by atoms with Crippen molar-refractivity contribution in [1.82, 2.24) is 0 Å². The van der Waals surface area contributed by atoms with Crippen molar-refractivity contribution in [2.45, 2.75) is 92.9 Å². The number of rotatable bonds is 3. The van der Waals surface area contributed by atoms with Crippen LogP contribution in [0.4, 0.5) is 0 Å². The third kappa shape index (κ3) is 1.77. The third-order valence-electron chi connectivity index (χ3n) is 11.1. The Bertz CT molecular complexity index is 560. The lowest BCUT2D eigenvalue weighted by Crippen LogP contribution is -2.59. The fourth-order valence-electron chi connectivity index (χ4n) is 9.34. The summed E-state index contributed by atoms with van der Waals surface area (Å²) in [5.41, 5.74) is 2.60. The lowest BCUT2D eigenvalue weighted by molar-refractivity contribution is -0.179. The molecule has 0 aliphatic heterocycles. The molecule has 5 fully saturated rings. The van der Waals surface area contributed by atoms with E-state index in [0.717, 1.165) is 35.5 Å². The molecule has 5 saturated carbocycles. The molecule has 24 heavy (non-hydrogen) atoms. The van der Waals surface area contributed by atoms with Crippen LogP contribution in [0, 0.1) is 57.2 Å². The SMILES string of the molecule is CC(C1C2CC1(C)CC1CCCCC12)C1CC1(C)C1(C)CC1(C)C. The molecule has 2 bridgehead atoms. The van der Waals surface area contributed by atoms with Gasteiger partial charge in [-0.2, -0.15) is 0 Å². The summed E-state index contributed by atoms with van der Waals surface area (Å²) in [7, 11) is 0. The highest BCUT2D eigenvalue weighted by Crippen LogP contribution is 2.83. The van der Waals surface area contributed by atoms with Gasteiger partial charge < -0.3 is 0 Å². The van der Waals surface area contributed by atoms with Crippen LogP contribution in [-0.4, -0.2) is 0 Å². The standard InChI is InChI=1S/C24H40/c1-15(19-13-23(19,5)24(6)14-21(24,2)3)20-18-12-22(20,4)11-16-9-7-8-10-17(16)18/h15-20H,7-14H2,1-6H3. The molecule has 9 unspecified atom stereocenters. The molecule has 0 spiro atoms. The van der Waals surface area contributed by atoms with Crippen LogP contribution in [0.15, 0.2) is 0 Å². The molecule has 0 heterocycles. The van der Waals surface area contributed by atoms with Crippen LogP contribution >= 0.6 is 0 Å². The van der Waals surface area contributed by atoms with E-state index < -0.39 is 0 Å². The van der Waals surface area contributed by atoms with E-state index in [1.165, 1.54) is 25.7 Å². The number of hydrogen-bond donors (Lipinski definition) is 0. The first-order valence-electron chi connectivity index (χ1n) is 11.1. The largest absolute Gasteiger partial charge is 0.0619 e. The maximum absolute atomic E-state index is 2.68. The molecule has 5 rings (SSSR count). The minimum atomic E-state index is 0.601. The molecule has 0 aromatic rings. The molecular formula is C24H40. The zero-order valence-corrected chi connectivity index (χ0v) is 17.1. The van der Waals surface area contributed by atoms with E-state index in [9.17, 15) is 0 Å². The van der Waals surface area contributed by atoms with Gasteiger partial charge in [-0.1, -0.05) is 60.8 Å². The molecule has 0 radical (unpaired) electrons. The van der Waals surface area contributed by atoms with Crippen molar-refractivity contribution in [3.05, 3.63) is 0 Å². The van der Waals surface area contributed by atoms with Gasteiger partial charge in [0.1, 0.15) is 0 Å². The highest BCUT2D eigenvalue weighted by molar-refractivity contribution is 5.24. The second kappa shape index (κ2) is 4.45. The van der Waals surface area contributed by atoms with Gasteiger partial charge >= 0.3 is 0 Å². The van der Waals surface area contributed by atoms with E-state index in [2.05, 4.69) is 41.5 Å². The van der Waals surface area contributed by atoms with Gasteiger partial charge in [0.25, 0.3) is 0 Å². The fraction of sp³-hybridized carbons (Fsp3) is 1.00. The van der Waals surface area contributed by atoms with E-state index in [1.807, 2.05) is 0 Å². The minimum Gasteiger partial charge on any atom is -0.0619 e. The van der Waals surface area contributed by atoms with E-state index in [4.69, 9.17) is 0 Å². The first-order chi connectivity index (χ1) is 11.1. The third-order valence-corrected chi connectivity index (χ3v) is 11.1. The maximum Gasteiger partial charge on any atom is -0.0212 e. The van der Waals surface area contributed by atoms with Crippen molar-refractivity contribution >= 4 is 0 Å². The van der Waals surface area contributed by atoms with Crippen LogP contribution in [0.2, 0.25) is 0 Å². The minimum absolute atomic E-state index is 0.601. The van der Waals surface area contributed by atoms with Crippen molar-refractivity contribution in [3.8, 4) is 0 Å². The van der Waals surface area contributed by atoms with Gasteiger partial charge in [-0.3, -0.25) is 0 Å². The molecule has 9 atom stereocenters. The zero-order chi connectivity index (χ0) is 17.1. The Hall–Kier alpha value is 0. The van der Waals surface area contributed by atoms with Gasteiger partial charge in [0.05, 0.1) is 0 Å². The lowest BCUT2D eigenvalue weighted by Gasteiger charge is -2.67. The monoisotopic (exact) mass is 328 g/mol. The number of fused-ring (bicyclic) bond motifs is 4. The predicted octanol–water partition coefficient (Wildman–Crippen LogP) is 6.94. The lowest BCUT2D eigenvalue weighted by atomic mass is 9.38. The van der Waals surface area contributed by atoms with Crippen LogP contribution in [0.5, 0.6) is 0 Å². The van der Waals surface area contributed by atoms with Crippen LogP contribution in [0.1, 0.15) is 92.9 Å². The first kappa shape index (κ1) is 16.2. The van der Waals surface area contributed by atoms with E-state index >= 15 is 0 Å². The second-order valence-corrected chi connectivity index (χ2v) is 12.4. The van der Waals surface area contributed by atoms with Gasteiger partial charge in [-0.15, -0.1) is 0 Å². The summed E-state index contributed by atoms with van der Waals surface area (Å²) >= 11 is 0. The van der Waals surface area contributed by atoms with Crippen molar-refractivity contribution < 1.29 is 0 Å². The van der Waals surface area contributed by atoms with Gasteiger partial charge in [0, 0.05) is 0 Å². The molecule has 0 aromatic heterocycles. The Morgan fingerprint density at radius 1 is 0.833 bits per heavy atom. The van der Waals surface area contributed by atoms with E-state index in [-0.39, 0.29) is 0 Å². The summed E-state index contributed by atoms with van der Waals surface area (Å²) in [5.74, 6) is 6.40. The quantitative estimate of drug-likeness (QED) is 0.526. The maximum atomic E-state index is 2.68. The number of hydrogen-bond acceptors (Lipinski definition) is 0. The Labute approximate surface area is 150 Å². The molecule has 5 aliphatic carbocycles. The first-order valence-corrected chi connectivity index (χ1v) is 11.1. The molecular weight excluding hydrogens is 288 g/mol. The normalized spacial score (nSPS) is 61.5. The highest BCUT2D eigenvalue weighted by Gasteiger charge is 2.76. The second-order valence-electron chi connectivity index (χ2n) is 12.4. The van der Waals surface area contributed by atoms with Crippen molar-refractivity contribution in [3.63, 3.8) is 0 Å². The van der Waals surface area contributed by atoms with Gasteiger partial charge in [-0.05, 0) is 89.3 Å². The summed E-state index contributed by atoms with van der Waals surface area (Å²) in [6.07, 6.45) is 12.3. The summed E-state index contributed by atoms with van der Waals surface area (Å²) in [5, 5.41) is 0. The topological polar surface area (TPSA) is 0 Å². The Morgan fingerprint density at radius 3 is 2.17 bits per heavy atom. The molecule has 0 heteroatoms. The van der Waals surface area contributed by atoms with Crippen LogP contribution in [0.3, 0.4) is 0 Å². The molecule has 0 aromatic carbocycles. The van der Waals surface area contributed by atoms with Crippen molar-refractivity contribution in [2.24, 2.45) is 57.2 Å². The zero-order valence-electron chi connectivity index (χ0n) is 17.1. The Kier molecular flexibility index (Phi) is 3.00. The average molecular weight is 329 g/mol. The van der Waals surface area contributed by atoms with Crippen LogP contribution in [0.25, 0.3) is 0 Å². The Balaban J connectivity index is 1.35. The van der Waals surface area contributed by atoms with Gasteiger partial charge in [-0.25, -0.2) is 0 Å². The smallest absolute Gasteiger partial charge is 0.0212 e. The molecule has 0 amide bonds. The van der Waals surface area contributed by atoms with Crippen LogP contribution < -0.4 is 0 Å².